The molecule has 0 amide bonds. The fourth-order valence-electron chi connectivity index (χ4n) is 2.01. The zero-order valence-corrected chi connectivity index (χ0v) is 9.03. The van der Waals surface area contributed by atoms with Crippen molar-refractivity contribution in [2.75, 3.05) is 6.61 Å². The summed E-state index contributed by atoms with van der Waals surface area (Å²) in [5, 5.41) is 3.42. The van der Waals surface area contributed by atoms with Crippen LogP contribution >= 0.6 is 0 Å². The van der Waals surface area contributed by atoms with E-state index in [0.29, 0.717) is 12.6 Å². The Morgan fingerprint density at radius 2 is 1.93 bits per heavy atom. The minimum Gasteiger partial charge on any atom is -0.370 e. The van der Waals surface area contributed by atoms with Crippen molar-refractivity contribution in [3.05, 3.63) is 35.6 Å². The monoisotopic (exact) mass is 209 g/mol. The highest BCUT2D eigenvalue weighted by Crippen LogP contribution is 2.24. The van der Waals surface area contributed by atoms with Gasteiger partial charge in [0.05, 0.1) is 12.7 Å². The second-order valence-corrected chi connectivity index (χ2v) is 4.16. The van der Waals surface area contributed by atoms with Gasteiger partial charge in [-0.05, 0) is 31.5 Å². The minimum atomic E-state index is -0.205. The molecule has 0 saturated carbocycles. The fourth-order valence-corrected chi connectivity index (χ4v) is 2.01. The summed E-state index contributed by atoms with van der Waals surface area (Å²) in [6, 6.07) is 7.17. The van der Waals surface area contributed by atoms with Crippen LogP contribution in [0.5, 0.6) is 0 Å². The van der Waals surface area contributed by atoms with E-state index in [2.05, 4.69) is 19.2 Å². The molecule has 2 nitrogen and oxygen atoms in total. The van der Waals surface area contributed by atoms with E-state index in [-0.39, 0.29) is 18.0 Å². The molecule has 0 unspecified atom stereocenters. The Labute approximate surface area is 89.4 Å². The van der Waals surface area contributed by atoms with Gasteiger partial charge in [0.15, 0.2) is 0 Å². The van der Waals surface area contributed by atoms with E-state index in [1.54, 1.807) is 12.1 Å². The largest absolute Gasteiger partial charge is 0.370 e. The van der Waals surface area contributed by atoms with Gasteiger partial charge in [-0.25, -0.2) is 4.39 Å². The van der Waals surface area contributed by atoms with Crippen LogP contribution in [0, 0.1) is 5.82 Å². The van der Waals surface area contributed by atoms with Crippen LogP contribution in [-0.2, 0) is 4.74 Å². The Balaban J connectivity index is 2.13. The highest BCUT2D eigenvalue weighted by atomic mass is 19.1. The summed E-state index contributed by atoms with van der Waals surface area (Å²) in [4.78, 5) is 0. The first kappa shape index (κ1) is 10.6. The molecule has 82 valence electrons. The molecule has 0 spiro atoms. The topological polar surface area (TPSA) is 21.3 Å². The summed E-state index contributed by atoms with van der Waals surface area (Å²) in [7, 11) is 0. The van der Waals surface area contributed by atoms with Crippen LogP contribution in [0.2, 0.25) is 0 Å². The third-order valence-electron chi connectivity index (χ3n) is 2.73. The number of rotatable bonds is 1. The Kier molecular flexibility index (Phi) is 3.03. The van der Waals surface area contributed by atoms with E-state index in [4.69, 9.17) is 4.74 Å². The summed E-state index contributed by atoms with van der Waals surface area (Å²) < 4.78 is 18.5. The van der Waals surface area contributed by atoms with Crippen molar-refractivity contribution in [1.82, 2.24) is 5.32 Å². The van der Waals surface area contributed by atoms with Gasteiger partial charge in [0.1, 0.15) is 5.82 Å². The maximum absolute atomic E-state index is 12.8. The van der Waals surface area contributed by atoms with Crippen molar-refractivity contribution in [2.24, 2.45) is 0 Å². The first-order chi connectivity index (χ1) is 7.16. The Morgan fingerprint density at radius 3 is 2.53 bits per heavy atom. The van der Waals surface area contributed by atoms with E-state index in [1.807, 2.05) is 0 Å². The van der Waals surface area contributed by atoms with Crippen LogP contribution < -0.4 is 5.32 Å². The van der Waals surface area contributed by atoms with Gasteiger partial charge >= 0.3 is 0 Å². The summed E-state index contributed by atoms with van der Waals surface area (Å²) in [5.74, 6) is -0.205. The zero-order chi connectivity index (χ0) is 10.8. The van der Waals surface area contributed by atoms with Gasteiger partial charge in [0.2, 0.25) is 0 Å². The van der Waals surface area contributed by atoms with E-state index in [1.165, 1.54) is 12.1 Å². The maximum atomic E-state index is 12.8. The Hall–Kier alpha value is -0.930. The normalized spacial score (nSPS) is 31.5. The quantitative estimate of drug-likeness (QED) is 0.766. The molecule has 0 aliphatic carbocycles. The highest BCUT2D eigenvalue weighted by molar-refractivity contribution is 5.20. The van der Waals surface area contributed by atoms with Crippen molar-refractivity contribution >= 4 is 0 Å². The third-order valence-corrected chi connectivity index (χ3v) is 2.73. The zero-order valence-electron chi connectivity index (χ0n) is 9.03. The lowest BCUT2D eigenvalue weighted by atomic mass is 10.0. The number of halogens is 1. The SMILES string of the molecule is C[C@H]1CO[C@H](c2ccc(F)cc2)[C@@H](C)N1. The van der Waals surface area contributed by atoms with E-state index in [9.17, 15) is 4.39 Å². The fraction of sp³-hybridized carbons (Fsp3) is 0.500. The lowest BCUT2D eigenvalue weighted by molar-refractivity contribution is -0.0207. The molecule has 1 aromatic carbocycles. The Bertz CT molecular complexity index is 325. The van der Waals surface area contributed by atoms with Gasteiger partial charge in [0.25, 0.3) is 0 Å². The molecule has 1 aromatic rings. The molecule has 1 aliphatic heterocycles. The predicted octanol–water partition coefficient (Wildman–Crippen LogP) is 2.26. The maximum Gasteiger partial charge on any atom is 0.123 e. The molecular weight excluding hydrogens is 193 g/mol. The molecular formula is C12H16FNO. The predicted molar refractivity (Wildman–Crippen MR) is 57.2 cm³/mol. The summed E-state index contributed by atoms with van der Waals surface area (Å²) in [6.07, 6.45) is 0.0294. The number of hydrogen-bond acceptors (Lipinski definition) is 2. The minimum absolute atomic E-state index is 0.0294. The second-order valence-electron chi connectivity index (χ2n) is 4.16. The molecule has 0 radical (unpaired) electrons. The van der Waals surface area contributed by atoms with Crippen molar-refractivity contribution in [1.29, 1.82) is 0 Å². The third kappa shape index (κ3) is 2.36. The van der Waals surface area contributed by atoms with Crippen LogP contribution in [0.4, 0.5) is 4.39 Å². The second kappa shape index (κ2) is 4.29. The van der Waals surface area contributed by atoms with Gasteiger partial charge in [-0.3, -0.25) is 0 Å². The molecule has 3 heteroatoms. The van der Waals surface area contributed by atoms with Crippen LogP contribution in [0.25, 0.3) is 0 Å². The number of ether oxygens (including phenoxy) is 1. The van der Waals surface area contributed by atoms with Gasteiger partial charge in [-0.1, -0.05) is 12.1 Å². The first-order valence-corrected chi connectivity index (χ1v) is 5.30. The smallest absolute Gasteiger partial charge is 0.123 e. The van der Waals surface area contributed by atoms with Gasteiger partial charge < -0.3 is 10.1 Å². The van der Waals surface area contributed by atoms with Crippen molar-refractivity contribution in [3.63, 3.8) is 0 Å². The molecule has 1 aliphatic rings. The summed E-state index contributed by atoms with van der Waals surface area (Å²) >= 11 is 0. The lowest BCUT2D eigenvalue weighted by Gasteiger charge is -2.34. The molecule has 3 atom stereocenters. The van der Waals surface area contributed by atoms with Crippen LogP contribution in [0.3, 0.4) is 0 Å². The van der Waals surface area contributed by atoms with Crippen molar-refractivity contribution in [2.45, 2.75) is 32.0 Å². The molecule has 1 N–H and O–H groups in total. The molecule has 0 bridgehead atoms. The van der Waals surface area contributed by atoms with Crippen LogP contribution in [0.15, 0.2) is 24.3 Å². The molecule has 0 aromatic heterocycles. The number of nitrogens with one attached hydrogen (secondary N) is 1. The molecule has 2 rings (SSSR count). The number of hydrogen-bond donors (Lipinski definition) is 1. The molecule has 15 heavy (non-hydrogen) atoms. The molecule has 1 heterocycles. The first-order valence-electron chi connectivity index (χ1n) is 5.30. The van der Waals surface area contributed by atoms with E-state index >= 15 is 0 Å². The number of benzene rings is 1. The molecule has 1 saturated heterocycles. The van der Waals surface area contributed by atoms with Crippen molar-refractivity contribution < 1.29 is 9.13 Å². The summed E-state index contributed by atoms with van der Waals surface area (Å²) in [5.41, 5.74) is 1.03. The van der Waals surface area contributed by atoms with Gasteiger partial charge in [-0.2, -0.15) is 0 Å². The number of morpholine rings is 1. The van der Waals surface area contributed by atoms with Crippen molar-refractivity contribution in [3.8, 4) is 0 Å². The van der Waals surface area contributed by atoms with E-state index < -0.39 is 0 Å². The van der Waals surface area contributed by atoms with E-state index in [0.717, 1.165) is 5.56 Å². The average Bonchev–Trinajstić information content (AvgIpc) is 2.20. The van der Waals surface area contributed by atoms with Gasteiger partial charge in [0, 0.05) is 12.1 Å². The standard InChI is InChI=1S/C12H16FNO/c1-8-7-15-12(9(2)14-8)10-3-5-11(13)6-4-10/h3-6,8-9,12,14H,7H2,1-2H3/t8-,9+,12-/m0/s1. The average molecular weight is 209 g/mol. The Morgan fingerprint density at radius 1 is 1.27 bits per heavy atom. The van der Waals surface area contributed by atoms with Crippen LogP contribution in [0.1, 0.15) is 25.5 Å². The van der Waals surface area contributed by atoms with Crippen LogP contribution in [-0.4, -0.2) is 18.7 Å². The van der Waals surface area contributed by atoms with Gasteiger partial charge in [-0.15, -0.1) is 0 Å². The highest BCUT2D eigenvalue weighted by Gasteiger charge is 2.26. The summed E-state index contributed by atoms with van der Waals surface area (Å²) in [6.45, 7) is 4.88. The molecule has 1 fully saturated rings. The lowest BCUT2D eigenvalue weighted by Crippen LogP contribution is -2.47.